The van der Waals surface area contributed by atoms with E-state index in [1.165, 1.54) is 17.7 Å². The third-order valence-electron chi connectivity index (χ3n) is 2.71. The van der Waals surface area contributed by atoms with E-state index in [1.54, 1.807) is 0 Å². The largest absolute Gasteiger partial charge is 0.469 e. The molecule has 0 aliphatic carbocycles. The first-order valence-corrected chi connectivity index (χ1v) is 5.36. The molecule has 1 N–H and O–H groups in total. The summed E-state index contributed by atoms with van der Waals surface area (Å²) in [4.78, 5) is 0. The predicted octanol–water partition coefficient (Wildman–Crippen LogP) is 2.90. The third kappa shape index (κ3) is 2.01. The molecule has 2 rings (SSSR count). The first-order chi connectivity index (χ1) is 6.56. The molecule has 0 bridgehead atoms. The average Bonchev–Trinajstić information content (AvgIpc) is 2.49. The van der Waals surface area contributed by atoms with Crippen molar-refractivity contribution in [2.75, 3.05) is 6.54 Å². The Labute approximate surface area is 85.7 Å². The van der Waals surface area contributed by atoms with E-state index in [2.05, 4.69) is 32.2 Å². The van der Waals surface area contributed by atoms with E-state index >= 15 is 0 Å². The Kier molecular flexibility index (Phi) is 2.40. The van der Waals surface area contributed by atoms with Gasteiger partial charge in [-0.05, 0) is 17.9 Å². The van der Waals surface area contributed by atoms with Gasteiger partial charge in [0.1, 0.15) is 5.76 Å². The minimum absolute atomic E-state index is 0.365. The van der Waals surface area contributed by atoms with Crippen LogP contribution in [-0.4, -0.2) is 6.54 Å². The SMILES string of the molecule is CC(C)(C)CC1NCCc2occc21. The minimum Gasteiger partial charge on any atom is -0.469 e. The molecular weight excluding hydrogens is 174 g/mol. The van der Waals surface area contributed by atoms with E-state index in [0.29, 0.717) is 11.5 Å². The topological polar surface area (TPSA) is 25.2 Å². The first kappa shape index (κ1) is 9.78. The van der Waals surface area contributed by atoms with E-state index in [0.717, 1.165) is 13.0 Å². The molecule has 0 amide bonds. The second-order valence-electron chi connectivity index (χ2n) is 5.32. The highest BCUT2D eigenvalue weighted by molar-refractivity contribution is 5.24. The van der Waals surface area contributed by atoms with Crippen LogP contribution < -0.4 is 5.32 Å². The summed E-state index contributed by atoms with van der Waals surface area (Å²) in [6, 6.07) is 2.59. The summed E-state index contributed by atoms with van der Waals surface area (Å²) in [5.74, 6) is 1.18. The molecule has 1 aliphatic rings. The molecule has 1 atom stereocenters. The molecule has 0 fully saturated rings. The van der Waals surface area contributed by atoms with Crippen LogP contribution in [0.4, 0.5) is 0 Å². The normalized spacial score (nSPS) is 22.1. The van der Waals surface area contributed by atoms with Crippen LogP contribution >= 0.6 is 0 Å². The first-order valence-electron chi connectivity index (χ1n) is 5.36. The number of furan rings is 1. The minimum atomic E-state index is 0.365. The van der Waals surface area contributed by atoms with E-state index in [4.69, 9.17) is 4.42 Å². The third-order valence-corrected chi connectivity index (χ3v) is 2.71. The van der Waals surface area contributed by atoms with Crippen LogP contribution in [0.1, 0.15) is 44.6 Å². The van der Waals surface area contributed by atoms with Crippen LogP contribution in [0.25, 0.3) is 0 Å². The number of rotatable bonds is 1. The van der Waals surface area contributed by atoms with Gasteiger partial charge < -0.3 is 9.73 Å². The maximum atomic E-state index is 5.46. The molecule has 2 nitrogen and oxygen atoms in total. The summed E-state index contributed by atoms with van der Waals surface area (Å²) in [6.07, 6.45) is 4.01. The predicted molar refractivity (Wildman–Crippen MR) is 57.2 cm³/mol. The van der Waals surface area contributed by atoms with Crippen molar-refractivity contribution >= 4 is 0 Å². The van der Waals surface area contributed by atoms with Gasteiger partial charge in [0, 0.05) is 24.6 Å². The molecule has 1 aliphatic heterocycles. The smallest absolute Gasteiger partial charge is 0.109 e. The van der Waals surface area contributed by atoms with Gasteiger partial charge in [-0.25, -0.2) is 0 Å². The van der Waals surface area contributed by atoms with Crippen molar-refractivity contribution in [1.82, 2.24) is 5.32 Å². The lowest BCUT2D eigenvalue weighted by atomic mass is 9.84. The van der Waals surface area contributed by atoms with Gasteiger partial charge in [0.25, 0.3) is 0 Å². The molecule has 1 aromatic heterocycles. The van der Waals surface area contributed by atoms with Gasteiger partial charge in [-0.3, -0.25) is 0 Å². The van der Waals surface area contributed by atoms with Crippen LogP contribution in [0.3, 0.4) is 0 Å². The average molecular weight is 193 g/mol. The van der Waals surface area contributed by atoms with Crippen LogP contribution in [0.15, 0.2) is 16.7 Å². The molecule has 1 aromatic rings. The van der Waals surface area contributed by atoms with Gasteiger partial charge >= 0.3 is 0 Å². The van der Waals surface area contributed by atoms with E-state index in [1.807, 2.05) is 6.26 Å². The second-order valence-corrected chi connectivity index (χ2v) is 5.32. The van der Waals surface area contributed by atoms with E-state index < -0.39 is 0 Å². The lowest BCUT2D eigenvalue weighted by molar-refractivity contribution is 0.298. The standard InChI is InChI=1S/C12H19NO/c1-12(2,3)8-10-9-5-7-14-11(9)4-6-13-10/h5,7,10,13H,4,6,8H2,1-3H3. The Morgan fingerprint density at radius 1 is 1.50 bits per heavy atom. The fourth-order valence-electron chi connectivity index (χ4n) is 2.13. The molecule has 2 heteroatoms. The molecule has 78 valence electrons. The van der Waals surface area contributed by atoms with Crippen molar-refractivity contribution in [3.8, 4) is 0 Å². The zero-order valence-electron chi connectivity index (χ0n) is 9.26. The fraction of sp³-hybridized carbons (Fsp3) is 0.667. The highest BCUT2D eigenvalue weighted by Gasteiger charge is 2.26. The van der Waals surface area contributed by atoms with Crippen molar-refractivity contribution in [3.05, 3.63) is 23.7 Å². The van der Waals surface area contributed by atoms with Gasteiger partial charge in [0.15, 0.2) is 0 Å². The molecule has 14 heavy (non-hydrogen) atoms. The Morgan fingerprint density at radius 2 is 2.29 bits per heavy atom. The molecule has 0 saturated heterocycles. The number of nitrogens with one attached hydrogen (secondary N) is 1. The summed E-state index contributed by atoms with van der Waals surface area (Å²) in [5, 5.41) is 3.56. The Balaban J connectivity index is 2.16. The number of hydrogen-bond acceptors (Lipinski definition) is 2. The Bertz CT molecular complexity index is 308. The summed E-state index contributed by atoms with van der Waals surface area (Å²) < 4.78 is 5.46. The lowest BCUT2D eigenvalue weighted by Crippen LogP contribution is -2.31. The van der Waals surface area contributed by atoms with Crippen LogP contribution in [0, 0.1) is 5.41 Å². The van der Waals surface area contributed by atoms with Gasteiger partial charge in [0.2, 0.25) is 0 Å². The van der Waals surface area contributed by atoms with Gasteiger partial charge in [-0.2, -0.15) is 0 Å². The van der Waals surface area contributed by atoms with Gasteiger partial charge in [-0.15, -0.1) is 0 Å². The van der Waals surface area contributed by atoms with Crippen molar-refractivity contribution < 1.29 is 4.42 Å². The summed E-state index contributed by atoms with van der Waals surface area (Å²) in [6.45, 7) is 7.89. The van der Waals surface area contributed by atoms with E-state index in [-0.39, 0.29) is 0 Å². The van der Waals surface area contributed by atoms with Crippen LogP contribution in [0.2, 0.25) is 0 Å². The Morgan fingerprint density at radius 3 is 3.00 bits per heavy atom. The highest BCUT2D eigenvalue weighted by atomic mass is 16.3. The number of fused-ring (bicyclic) bond motifs is 1. The van der Waals surface area contributed by atoms with Crippen molar-refractivity contribution in [3.63, 3.8) is 0 Å². The van der Waals surface area contributed by atoms with Crippen molar-refractivity contribution in [1.29, 1.82) is 0 Å². The molecule has 0 radical (unpaired) electrons. The van der Waals surface area contributed by atoms with Crippen LogP contribution in [0.5, 0.6) is 0 Å². The zero-order chi connectivity index (χ0) is 10.2. The molecule has 0 spiro atoms. The van der Waals surface area contributed by atoms with Crippen molar-refractivity contribution in [2.45, 2.75) is 39.7 Å². The lowest BCUT2D eigenvalue weighted by Gasteiger charge is -2.29. The molecule has 0 saturated carbocycles. The summed E-state index contributed by atoms with van der Waals surface area (Å²) >= 11 is 0. The van der Waals surface area contributed by atoms with Gasteiger partial charge in [-0.1, -0.05) is 20.8 Å². The summed E-state index contributed by atoms with van der Waals surface area (Å²) in [7, 11) is 0. The second kappa shape index (κ2) is 3.43. The molecule has 2 heterocycles. The fourth-order valence-corrected chi connectivity index (χ4v) is 2.13. The van der Waals surface area contributed by atoms with Gasteiger partial charge in [0.05, 0.1) is 6.26 Å². The van der Waals surface area contributed by atoms with Crippen LogP contribution in [-0.2, 0) is 6.42 Å². The maximum Gasteiger partial charge on any atom is 0.109 e. The molecular formula is C12H19NO. The monoisotopic (exact) mass is 193 g/mol. The highest BCUT2D eigenvalue weighted by Crippen LogP contribution is 2.33. The Hall–Kier alpha value is -0.760. The quantitative estimate of drug-likeness (QED) is 0.742. The van der Waals surface area contributed by atoms with E-state index in [9.17, 15) is 0 Å². The zero-order valence-corrected chi connectivity index (χ0v) is 9.26. The maximum absolute atomic E-state index is 5.46. The van der Waals surface area contributed by atoms with Crippen molar-refractivity contribution in [2.24, 2.45) is 5.41 Å². The molecule has 0 aromatic carbocycles. The number of hydrogen-bond donors (Lipinski definition) is 1. The molecule has 1 unspecified atom stereocenters. The summed E-state index contributed by atoms with van der Waals surface area (Å²) in [5.41, 5.74) is 1.73.